The molecule has 0 saturated carbocycles. The van der Waals surface area contributed by atoms with Gasteiger partial charge in [-0.2, -0.15) is 0 Å². The first-order valence-electron chi connectivity index (χ1n) is 7.01. The van der Waals surface area contributed by atoms with Crippen LogP contribution in [0.3, 0.4) is 0 Å². The van der Waals surface area contributed by atoms with Crippen molar-refractivity contribution in [1.29, 1.82) is 0 Å². The van der Waals surface area contributed by atoms with Crippen LogP contribution in [0.15, 0.2) is 29.1 Å². The van der Waals surface area contributed by atoms with Gasteiger partial charge in [-0.25, -0.2) is 0 Å². The highest BCUT2D eigenvalue weighted by Crippen LogP contribution is 2.15. The Hall–Kier alpha value is -1.61. The van der Waals surface area contributed by atoms with E-state index in [-0.39, 0.29) is 5.56 Å². The van der Waals surface area contributed by atoms with Crippen LogP contribution in [0.2, 0.25) is 0 Å². The summed E-state index contributed by atoms with van der Waals surface area (Å²) < 4.78 is 1.87. The van der Waals surface area contributed by atoms with Crippen molar-refractivity contribution in [1.82, 2.24) is 9.88 Å². The standard InChI is InChI=1S/C16H22N2O/c1-4-8-17-11-14-10-13-7-6-12(3)9-15(13)18(5-2)16(14)19/h6-7,9-10,17H,4-5,8,11H2,1-3H3. The van der Waals surface area contributed by atoms with E-state index in [1.165, 1.54) is 5.56 Å². The molecular formula is C16H22N2O. The van der Waals surface area contributed by atoms with Gasteiger partial charge in [0.15, 0.2) is 0 Å². The summed E-state index contributed by atoms with van der Waals surface area (Å²) in [6, 6.07) is 8.30. The zero-order chi connectivity index (χ0) is 13.8. The maximum atomic E-state index is 12.4. The number of nitrogens with zero attached hydrogens (tertiary/aromatic N) is 1. The van der Waals surface area contributed by atoms with E-state index in [0.717, 1.165) is 29.4 Å². The van der Waals surface area contributed by atoms with E-state index in [1.807, 2.05) is 17.6 Å². The van der Waals surface area contributed by atoms with Crippen molar-refractivity contribution in [3.05, 3.63) is 45.7 Å². The second-order valence-corrected chi connectivity index (χ2v) is 4.96. The molecule has 102 valence electrons. The highest BCUT2D eigenvalue weighted by atomic mass is 16.1. The van der Waals surface area contributed by atoms with Crippen molar-refractivity contribution in [3.63, 3.8) is 0 Å². The molecule has 1 heterocycles. The Kier molecular flexibility index (Phi) is 4.38. The van der Waals surface area contributed by atoms with Crippen LogP contribution in [-0.2, 0) is 13.1 Å². The smallest absolute Gasteiger partial charge is 0.255 e. The molecule has 0 unspecified atom stereocenters. The van der Waals surface area contributed by atoms with Crippen LogP contribution in [0.25, 0.3) is 10.9 Å². The lowest BCUT2D eigenvalue weighted by Crippen LogP contribution is -2.27. The van der Waals surface area contributed by atoms with Crippen LogP contribution < -0.4 is 10.9 Å². The zero-order valence-corrected chi connectivity index (χ0v) is 12.0. The number of nitrogens with one attached hydrogen (secondary N) is 1. The lowest BCUT2D eigenvalue weighted by Gasteiger charge is -2.12. The van der Waals surface area contributed by atoms with Gasteiger partial charge in [0.2, 0.25) is 0 Å². The summed E-state index contributed by atoms with van der Waals surface area (Å²) in [4.78, 5) is 12.4. The molecule has 0 saturated heterocycles. The maximum absolute atomic E-state index is 12.4. The number of hydrogen-bond acceptors (Lipinski definition) is 2. The van der Waals surface area contributed by atoms with E-state index in [0.29, 0.717) is 13.1 Å². The van der Waals surface area contributed by atoms with Crippen molar-refractivity contribution in [2.45, 2.75) is 40.3 Å². The van der Waals surface area contributed by atoms with Gasteiger partial charge < -0.3 is 9.88 Å². The van der Waals surface area contributed by atoms with Gasteiger partial charge in [0, 0.05) is 18.7 Å². The summed E-state index contributed by atoms with van der Waals surface area (Å²) in [5.74, 6) is 0. The number of fused-ring (bicyclic) bond motifs is 1. The Morgan fingerprint density at radius 1 is 1.21 bits per heavy atom. The van der Waals surface area contributed by atoms with Crippen LogP contribution in [0.5, 0.6) is 0 Å². The fraction of sp³-hybridized carbons (Fsp3) is 0.438. The van der Waals surface area contributed by atoms with Gasteiger partial charge in [-0.05, 0) is 49.9 Å². The van der Waals surface area contributed by atoms with Crippen LogP contribution in [0, 0.1) is 6.92 Å². The molecule has 0 fully saturated rings. The van der Waals surface area contributed by atoms with Gasteiger partial charge in [-0.3, -0.25) is 4.79 Å². The molecule has 0 aliphatic heterocycles. The lowest BCUT2D eigenvalue weighted by atomic mass is 10.1. The molecule has 1 aromatic heterocycles. The summed E-state index contributed by atoms with van der Waals surface area (Å²) in [6.07, 6.45) is 1.08. The predicted octanol–water partition coefficient (Wildman–Crippen LogP) is 2.83. The maximum Gasteiger partial charge on any atom is 0.255 e. The first-order chi connectivity index (χ1) is 9.17. The Morgan fingerprint density at radius 3 is 2.68 bits per heavy atom. The van der Waals surface area contributed by atoms with Crippen molar-refractivity contribution in [2.75, 3.05) is 6.54 Å². The Bertz CT molecular complexity index is 628. The van der Waals surface area contributed by atoms with Crippen molar-refractivity contribution in [2.24, 2.45) is 0 Å². The Balaban J connectivity index is 2.52. The third kappa shape index (κ3) is 2.87. The van der Waals surface area contributed by atoms with Gasteiger partial charge in [0.25, 0.3) is 5.56 Å². The van der Waals surface area contributed by atoms with Crippen LogP contribution in [0.4, 0.5) is 0 Å². The molecule has 1 N–H and O–H groups in total. The molecule has 2 rings (SSSR count). The van der Waals surface area contributed by atoms with Gasteiger partial charge in [-0.15, -0.1) is 0 Å². The minimum Gasteiger partial charge on any atom is -0.312 e. The van der Waals surface area contributed by atoms with E-state index in [1.54, 1.807) is 0 Å². The minimum atomic E-state index is 0.129. The van der Waals surface area contributed by atoms with Gasteiger partial charge in [-0.1, -0.05) is 19.1 Å². The fourth-order valence-electron chi connectivity index (χ4n) is 2.38. The van der Waals surface area contributed by atoms with Crippen molar-refractivity contribution in [3.8, 4) is 0 Å². The third-order valence-corrected chi connectivity index (χ3v) is 3.38. The quantitative estimate of drug-likeness (QED) is 0.837. The van der Waals surface area contributed by atoms with Gasteiger partial charge in [0.05, 0.1) is 5.52 Å². The van der Waals surface area contributed by atoms with Crippen LogP contribution >= 0.6 is 0 Å². The number of hydrogen-bond donors (Lipinski definition) is 1. The average molecular weight is 258 g/mol. The minimum absolute atomic E-state index is 0.129. The number of benzene rings is 1. The highest BCUT2D eigenvalue weighted by molar-refractivity contribution is 5.80. The van der Waals surface area contributed by atoms with E-state index in [4.69, 9.17) is 0 Å². The molecule has 1 aromatic carbocycles. The molecule has 0 radical (unpaired) electrons. The molecule has 0 bridgehead atoms. The molecule has 0 aliphatic carbocycles. The number of aryl methyl sites for hydroxylation is 2. The molecule has 0 aliphatic rings. The monoisotopic (exact) mass is 258 g/mol. The first kappa shape index (κ1) is 13.8. The normalized spacial score (nSPS) is 11.1. The third-order valence-electron chi connectivity index (χ3n) is 3.38. The topological polar surface area (TPSA) is 34.0 Å². The average Bonchev–Trinajstić information content (AvgIpc) is 2.40. The number of pyridine rings is 1. The number of aromatic nitrogens is 1. The Morgan fingerprint density at radius 2 is 2.00 bits per heavy atom. The van der Waals surface area contributed by atoms with Crippen molar-refractivity contribution < 1.29 is 0 Å². The molecule has 0 amide bonds. The van der Waals surface area contributed by atoms with Gasteiger partial charge >= 0.3 is 0 Å². The van der Waals surface area contributed by atoms with Crippen LogP contribution in [0.1, 0.15) is 31.4 Å². The Labute approximate surface area is 114 Å². The summed E-state index contributed by atoms with van der Waals surface area (Å²) >= 11 is 0. The largest absolute Gasteiger partial charge is 0.312 e. The number of rotatable bonds is 5. The SMILES string of the molecule is CCCNCc1cc2ccc(C)cc2n(CC)c1=O. The fourth-order valence-corrected chi connectivity index (χ4v) is 2.38. The summed E-state index contributed by atoms with van der Waals surface area (Å²) in [7, 11) is 0. The lowest BCUT2D eigenvalue weighted by molar-refractivity contribution is 0.659. The molecule has 2 aromatic rings. The van der Waals surface area contributed by atoms with E-state index in [2.05, 4.69) is 37.4 Å². The highest BCUT2D eigenvalue weighted by Gasteiger charge is 2.08. The van der Waals surface area contributed by atoms with Crippen molar-refractivity contribution >= 4 is 10.9 Å². The zero-order valence-electron chi connectivity index (χ0n) is 12.0. The molecule has 3 nitrogen and oxygen atoms in total. The molecule has 19 heavy (non-hydrogen) atoms. The van der Waals surface area contributed by atoms with Gasteiger partial charge in [0.1, 0.15) is 0 Å². The van der Waals surface area contributed by atoms with Crippen LogP contribution in [-0.4, -0.2) is 11.1 Å². The molecule has 0 atom stereocenters. The van der Waals surface area contributed by atoms with E-state index in [9.17, 15) is 4.79 Å². The summed E-state index contributed by atoms with van der Waals surface area (Å²) in [5.41, 5.74) is 3.20. The summed E-state index contributed by atoms with van der Waals surface area (Å²) in [6.45, 7) is 8.50. The molecule has 3 heteroatoms. The van der Waals surface area contributed by atoms with E-state index >= 15 is 0 Å². The molecular weight excluding hydrogens is 236 g/mol. The second kappa shape index (κ2) is 6.02. The second-order valence-electron chi connectivity index (χ2n) is 4.96. The molecule has 0 spiro atoms. The summed E-state index contributed by atoms with van der Waals surface area (Å²) in [5, 5.41) is 4.45. The van der Waals surface area contributed by atoms with E-state index < -0.39 is 0 Å². The first-order valence-corrected chi connectivity index (χ1v) is 7.01. The predicted molar refractivity (Wildman–Crippen MR) is 80.6 cm³/mol.